The van der Waals surface area contributed by atoms with E-state index in [1.165, 1.54) is 0 Å². The minimum absolute atomic E-state index is 0.000422. The second-order valence-electron chi connectivity index (χ2n) is 6.78. The fourth-order valence-electron chi connectivity index (χ4n) is 3.32. The average Bonchev–Trinajstić information content (AvgIpc) is 2.96. The van der Waals surface area contributed by atoms with Gasteiger partial charge >= 0.3 is 0 Å². The molecule has 0 bridgehead atoms. The Morgan fingerprint density at radius 3 is 2.84 bits per heavy atom. The lowest BCUT2D eigenvalue weighted by molar-refractivity contribution is -0.0543. The van der Waals surface area contributed by atoms with E-state index < -0.39 is 0 Å². The summed E-state index contributed by atoms with van der Waals surface area (Å²) in [6.45, 7) is 5.29. The zero-order chi connectivity index (χ0) is 17.6. The Morgan fingerprint density at radius 2 is 2.12 bits per heavy atom. The lowest BCUT2D eigenvalue weighted by atomic mass is 9.90. The van der Waals surface area contributed by atoms with Crippen LogP contribution in [-0.2, 0) is 24.3 Å². The molecule has 1 aliphatic heterocycles. The van der Waals surface area contributed by atoms with Crippen LogP contribution in [-0.4, -0.2) is 15.2 Å². The summed E-state index contributed by atoms with van der Waals surface area (Å²) in [6.07, 6.45) is 1.69. The molecule has 1 aliphatic rings. The van der Waals surface area contributed by atoms with Crippen molar-refractivity contribution in [1.29, 1.82) is 0 Å². The Kier molecular flexibility index (Phi) is 4.14. The number of ether oxygens (including phenoxy) is 1. The van der Waals surface area contributed by atoms with Gasteiger partial charge in [0.1, 0.15) is 4.83 Å². The minimum Gasteiger partial charge on any atom is -0.369 e. The molecule has 0 unspecified atom stereocenters. The van der Waals surface area contributed by atoms with Crippen LogP contribution in [0.1, 0.15) is 36.3 Å². The van der Waals surface area contributed by atoms with Crippen LogP contribution in [0.2, 0.25) is 0 Å². The van der Waals surface area contributed by atoms with E-state index >= 15 is 0 Å². The van der Waals surface area contributed by atoms with Crippen molar-refractivity contribution in [1.82, 2.24) is 9.55 Å². The van der Waals surface area contributed by atoms with E-state index in [0.717, 1.165) is 39.1 Å². The van der Waals surface area contributed by atoms with Crippen molar-refractivity contribution in [3.8, 4) is 0 Å². The third kappa shape index (κ3) is 2.88. The van der Waals surface area contributed by atoms with E-state index in [4.69, 9.17) is 17.0 Å². The molecule has 3 heterocycles. The number of hydrogen-bond donors (Lipinski definition) is 1. The third-order valence-electron chi connectivity index (χ3n) is 5.05. The molecule has 130 valence electrons. The molecule has 2 aromatic heterocycles. The minimum atomic E-state index is -0.204. The van der Waals surface area contributed by atoms with E-state index in [2.05, 4.69) is 18.8 Å². The number of nitrogens with one attached hydrogen (secondary N) is 1. The van der Waals surface area contributed by atoms with Gasteiger partial charge in [0.15, 0.2) is 4.77 Å². The van der Waals surface area contributed by atoms with Crippen LogP contribution in [0.15, 0.2) is 35.1 Å². The Morgan fingerprint density at radius 1 is 1.36 bits per heavy atom. The average molecular weight is 373 g/mol. The highest BCUT2D eigenvalue weighted by molar-refractivity contribution is 7.71. The molecule has 0 spiro atoms. The van der Waals surface area contributed by atoms with Crippen molar-refractivity contribution >= 4 is 33.8 Å². The second kappa shape index (κ2) is 6.20. The van der Waals surface area contributed by atoms with E-state index in [0.29, 0.717) is 17.9 Å². The van der Waals surface area contributed by atoms with Gasteiger partial charge < -0.3 is 9.72 Å². The topological polar surface area (TPSA) is 47.0 Å². The SMILES string of the molecule is CC[C@]1(C)Cc2c(sc3[nH]c(=S)n(Cc4ccccc4)c(=O)c23)CO1. The summed E-state index contributed by atoms with van der Waals surface area (Å²) in [4.78, 5) is 18.5. The first-order valence-electron chi connectivity index (χ1n) is 8.46. The smallest absolute Gasteiger partial charge is 0.263 e. The van der Waals surface area contributed by atoms with E-state index in [1.807, 2.05) is 30.3 Å². The van der Waals surface area contributed by atoms with Gasteiger partial charge in [0.25, 0.3) is 5.56 Å². The number of hydrogen-bond acceptors (Lipinski definition) is 4. The molecule has 0 amide bonds. The molecule has 4 nitrogen and oxygen atoms in total. The molecule has 25 heavy (non-hydrogen) atoms. The van der Waals surface area contributed by atoms with Gasteiger partial charge in [-0.1, -0.05) is 37.3 Å². The first-order chi connectivity index (χ1) is 12.0. The zero-order valence-electron chi connectivity index (χ0n) is 14.3. The maximum absolute atomic E-state index is 13.2. The van der Waals surface area contributed by atoms with Gasteiger partial charge in [0.2, 0.25) is 0 Å². The van der Waals surface area contributed by atoms with Gasteiger partial charge in [-0.15, -0.1) is 11.3 Å². The van der Waals surface area contributed by atoms with Gasteiger partial charge in [-0.25, -0.2) is 0 Å². The van der Waals surface area contributed by atoms with Gasteiger partial charge in [-0.05, 0) is 36.7 Å². The van der Waals surface area contributed by atoms with Crippen molar-refractivity contribution in [2.24, 2.45) is 0 Å². The molecule has 1 atom stereocenters. The highest BCUT2D eigenvalue weighted by Crippen LogP contribution is 2.38. The molecule has 0 saturated heterocycles. The molecule has 1 N–H and O–H groups in total. The van der Waals surface area contributed by atoms with Crippen molar-refractivity contribution in [2.45, 2.75) is 45.4 Å². The number of aromatic nitrogens is 2. The summed E-state index contributed by atoms with van der Waals surface area (Å²) in [5.41, 5.74) is 1.99. The Labute approximate surface area is 155 Å². The van der Waals surface area contributed by atoms with Crippen LogP contribution in [0.5, 0.6) is 0 Å². The predicted octanol–water partition coefficient (Wildman–Crippen LogP) is 4.41. The van der Waals surface area contributed by atoms with Crippen LogP contribution < -0.4 is 5.56 Å². The van der Waals surface area contributed by atoms with Crippen LogP contribution in [0.3, 0.4) is 0 Å². The number of rotatable bonds is 3. The van der Waals surface area contributed by atoms with Crippen molar-refractivity contribution in [3.05, 3.63) is 61.5 Å². The van der Waals surface area contributed by atoms with Crippen molar-refractivity contribution < 1.29 is 4.74 Å². The monoisotopic (exact) mass is 372 g/mol. The molecule has 6 heteroatoms. The van der Waals surface area contributed by atoms with Gasteiger partial charge in [0, 0.05) is 11.3 Å². The Hall–Kier alpha value is -1.76. The number of nitrogens with zero attached hydrogens (tertiary/aromatic N) is 1. The first kappa shape index (κ1) is 16.7. The zero-order valence-corrected chi connectivity index (χ0v) is 15.9. The molecular weight excluding hydrogens is 352 g/mol. The summed E-state index contributed by atoms with van der Waals surface area (Å²) in [7, 11) is 0. The maximum Gasteiger partial charge on any atom is 0.263 e. The number of thiophene rings is 1. The van der Waals surface area contributed by atoms with Crippen LogP contribution in [0, 0.1) is 4.77 Å². The Balaban J connectivity index is 1.88. The molecule has 0 aliphatic carbocycles. The third-order valence-corrected chi connectivity index (χ3v) is 6.49. The number of aromatic amines is 1. The maximum atomic E-state index is 13.2. The van der Waals surface area contributed by atoms with E-state index in [9.17, 15) is 4.79 Å². The van der Waals surface area contributed by atoms with Crippen LogP contribution in [0.4, 0.5) is 0 Å². The Bertz CT molecular complexity index is 1050. The van der Waals surface area contributed by atoms with Gasteiger partial charge in [-0.3, -0.25) is 9.36 Å². The largest absolute Gasteiger partial charge is 0.369 e. The first-order valence-corrected chi connectivity index (χ1v) is 9.68. The second-order valence-corrected chi connectivity index (χ2v) is 8.28. The number of fused-ring (bicyclic) bond motifs is 3. The molecule has 0 fully saturated rings. The van der Waals surface area contributed by atoms with E-state index in [-0.39, 0.29) is 11.2 Å². The van der Waals surface area contributed by atoms with E-state index in [1.54, 1.807) is 15.9 Å². The van der Waals surface area contributed by atoms with Gasteiger partial charge in [0.05, 0.1) is 24.1 Å². The fraction of sp³-hybridized carbons (Fsp3) is 0.368. The number of benzene rings is 1. The summed E-state index contributed by atoms with van der Waals surface area (Å²) >= 11 is 7.05. The summed E-state index contributed by atoms with van der Waals surface area (Å²) < 4.78 is 8.17. The van der Waals surface area contributed by atoms with Crippen LogP contribution >= 0.6 is 23.6 Å². The highest BCUT2D eigenvalue weighted by atomic mass is 32.1. The highest BCUT2D eigenvalue weighted by Gasteiger charge is 2.33. The number of H-pyrrole nitrogens is 1. The van der Waals surface area contributed by atoms with Crippen LogP contribution in [0.25, 0.3) is 10.2 Å². The summed E-state index contributed by atoms with van der Waals surface area (Å²) in [5, 5.41) is 0.785. The molecule has 1 aromatic carbocycles. The lowest BCUT2D eigenvalue weighted by Crippen LogP contribution is -2.34. The van der Waals surface area contributed by atoms with Gasteiger partial charge in [-0.2, -0.15) is 0 Å². The fourth-order valence-corrected chi connectivity index (χ4v) is 4.76. The molecule has 0 radical (unpaired) electrons. The normalized spacial score (nSPS) is 19.9. The van der Waals surface area contributed by atoms with Crippen molar-refractivity contribution in [2.75, 3.05) is 0 Å². The summed E-state index contributed by atoms with van der Waals surface area (Å²) in [5.74, 6) is 0. The van der Waals surface area contributed by atoms with Crippen molar-refractivity contribution in [3.63, 3.8) is 0 Å². The lowest BCUT2D eigenvalue weighted by Gasteiger charge is -2.32. The molecule has 4 rings (SSSR count). The summed E-state index contributed by atoms with van der Waals surface area (Å²) in [6, 6.07) is 9.94. The quantitative estimate of drug-likeness (QED) is 0.693. The molecular formula is C19H20N2O2S2. The molecule has 0 saturated carbocycles. The standard InChI is InChI=1S/C19H20N2O2S2/c1-3-19(2)9-13-14(11-23-19)25-16-15(13)17(22)21(18(24)20-16)10-12-7-5-4-6-8-12/h4-8H,3,9-11H2,1-2H3,(H,20,24)/t19-/m1/s1. The predicted molar refractivity (Wildman–Crippen MR) is 104 cm³/mol. The molecule has 3 aromatic rings.